The molecule has 0 unspecified atom stereocenters. The fourth-order valence-electron chi connectivity index (χ4n) is 1.86. The summed E-state index contributed by atoms with van der Waals surface area (Å²) in [4.78, 5) is 3.84. The Kier molecular flexibility index (Phi) is 6.28. The van der Waals surface area contributed by atoms with Crippen molar-refractivity contribution in [3.63, 3.8) is 0 Å². The molecule has 0 amide bonds. The number of benzene rings is 1. The lowest BCUT2D eigenvalue weighted by Gasteiger charge is -2.19. The van der Waals surface area contributed by atoms with Gasteiger partial charge in [0, 0.05) is 24.5 Å². The van der Waals surface area contributed by atoms with Crippen LogP contribution in [0.3, 0.4) is 0 Å². The van der Waals surface area contributed by atoms with Gasteiger partial charge in [-0.3, -0.25) is 4.99 Å². The largest absolute Gasteiger partial charge is 0.382 e. The number of hydrogen-bond donors (Lipinski definition) is 1. The van der Waals surface area contributed by atoms with E-state index < -0.39 is 23.8 Å². The van der Waals surface area contributed by atoms with Crippen molar-refractivity contribution in [2.45, 2.75) is 32.7 Å². The standard InChI is InChI=1S/C15H19F3N2/c1-4-11(8-9-19-3)20-10(2)12-6-5-7-13(14(12)16)15(17)18/h5-10,15,20H,4H2,1-3H3/b11-8+,19-9-/t10-/m1/s1. The first-order valence-corrected chi connectivity index (χ1v) is 6.45. The maximum atomic E-state index is 14.0. The molecule has 0 saturated heterocycles. The van der Waals surface area contributed by atoms with Crippen molar-refractivity contribution in [2.75, 3.05) is 7.05 Å². The monoisotopic (exact) mass is 284 g/mol. The summed E-state index contributed by atoms with van der Waals surface area (Å²) in [5.74, 6) is -0.845. The summed E-state index contributed by atoms with van der Waals surface area (Å²) < 4.78 is 39.4. The topological polar surface area (TPSA) is 24.4 Å². The highest BCUT2D eigenvalue weighted by Gasteiger charge is 2.19. The number of nitrogens with zero attached hydrogens (tertiary/aromatic N) is 1. The molecule has 1 aromatic carbocycles. The van der Waals surface area contributed by atoms with E-state index in [0.717, 1.165) is 11.8 Å². The molecule has 0 fully saturated rings. The number of halogens is 3. The average Bonchev–Trinajstić information content (AvgIpc) is 2.43. The zero-order valence-corrected chi connectivity index (χ0v) is 11.8. The van der Waals surface area contributed by atoms with Crippen LogP contribution in [0.25, 0.3) is 0 Å². The highest BCUT2D eigenvalue weighted by Crippen LogP contribution is 2.27. The molecule has 20 heavy (non-hydrogen) atoms. The average molecular weight is 284 g/mol. The summed E-state index contributed by atoms with van der Waals surface area (Å²) in [7, 11) is 1.65. The SMILES string of the molecule is CC/C(=C\C=N/C)N[C@H](C)c1cccc(C(F)F)c1F. The van der Waals surface area contributed by atoms with Crippen LogP contribution in [0.5, 0.6) is 0 Å². The lowest BCUT2D eigenvalue weighted by molar-refractivity contribution is 0.146. The Hall–Kier alpha value is -1.78. The van der Waals surface area contributed by atoms with Crippen LogP contribution in [0.4, 0.5) is 13.2 Å². The van der Waals surface area contributed by atoms with E-state index in [0.29, 0.717) is 6.42 Å². The number of alkyl halides is 2. The van der Waals surface area contributed by atoms with E-state index in [2.05, 4.69) is 10.3 Å². The van der Waals surface area contributed by atoms with Gasteiger partial charge in [0.25, 0.3) is 6.43 Å². The van der Waals surface area contributed by atoms with Crippen molar-refractivity contribution in [3.05, 3.63) is 46.9 Å². The molecule has 110 valence electrons. The maximum Gasteiger partial charge on any atom is 0.266 e. The van der Waals surface area contributed by atoms with Gasteiger partial charge in [-0.1, -0.05) is 25.1 Å². The van der Waals surface area contributed by atoms with E-state index in [-0.39, 0.29) is 5.56 Å². The van der Waals surface area contributed by atoms with Crippen molar-refractivity contribution in [1.82, 2.24) is 5.32 Å². The minimum Gasteiger partial charge on any atom is -0.382 e. The molecule has 1 N–H and O–H groups in total. The third-order valence-corrected chi connectivity index (χ3v) is 2.97. The zero-order chi connectivity index (χ0) is 15.1. The second kappa shape index (κ2) is 7.72. The summed E-state index contributed by atoms with van der Waals surface area (Å²) in [5, 5.41) is 3.11. The minimum absolute atomic E-state index is 0.232. The number of allylic oxidation sites excluding steroid dienone is 2. The van der Waals surface area contributed by atoms with Crippen LogP contribution in [0.2, 0.25) is 0 Å². The van der Waals surface area contributed by atoms with Gasteiger partial charge in [0.2, 0.25) is 0 Å². The highest BCUT2D eigenvalue weighted by molar-refractivity contribution is 5.71. The first-order valence-electron chi connectivity index (χ1n) is 6.45. The van der Waals surface area contributed by atoms with Crippen LogP contribution in [-0.4, -0.2) is 13.3 Å². The molecule has 0 heterocycles. The van der Waals surface area contributed by atoms with Gasteiger partial charge in [0.1, 0.15) is 5.82 Å². The molecular formula is C15H19F3N2. The summed E-state index contributed by atoms with van der Waals surface area (Å²) in [6.07, 6.45) is 1.32. The number of nitrogens with one attached hydrogen (secondary N) is 1. The number of rotatable bonds is 6. The van der Waals surface area contributed by atoms with Gasteiger partial charge in [-0.15, -0.1) is 0 Å². The molecule has 0 aliphatic carbocycles. The third-order valence-electron chi connectivity index (χ3n) is 2.97. The van der Waals surface area contributed by atoms with Gasteiger partial charge < -0.3 is 5.32 Å². The Morgan fingerprint density at radius 1 is 1.35 bits per heavy atom. The first kappa shape index (κ1) is 16.3. The molecule has 0 saturated carbocycles. The van der Waals surface area contributed by atoms with Gasteiger partial charge >= 0.3 is 0 Å². The predicted molar refractivity (Wildman–Crippen MR) is 75.7 cm³/mol. The van der Waals surface area contributed by atoms with E-state index in [1.165, 1.54) is 12.1 Å². The van der Waals surface area contributed by atoms with Crippen molar-refractivity contribution >= 4 is 6.21 Å². The molecule has 0 bridgehead atoms. The highest BCUT2D eigenvalue weighted by atomic mass is 19.3. The van der Waals surface area contributed by atoms with Crippen LogP contribution >= 0.6 is 0 Å². The van der Waals surface area contributed by atoms with E-state index >= 15 is 0 Å². The molecular weight excluding hydrogens is 265 g/mol. The van der Waals surface area contributed by atoms with Gasteiger partial charge in [-0.25, -0.2) is 13.2 Å². The van der Waals surface area contributed by atoms with Crippen molar-refractivity contribution in [2.24, 2.45) is 4.99 Å². The Labute approximate surface area is 117 Å². The van der Waals surface area contributed by atoms with E-state index in [1.807, 2.05) is 6.92 Å². The smallest absolute Gasteiger partial charge is 0.266 e. The van der Waals surface area contributed by atoms with E-state index in [1.54, 1.807) is 26.3 Å². The molecule has 1 rings (SSSR count). The molecule has 0 spiro atoms. The Morgan fingerprint density at radius 2 is 2.00 bits per heavy atom. The molecule has 1 atom stereocenters. The van der Waals surface area contributed by atoms with Crippen LogP contribution < -0.4 is 5.32 Å². The van der Waals surface area contributed by atoms with Gasteiger partial charge in [-0.05, 0) is 19.4 Å². The lowest BCUT2D eigenvalue weighted by atomic mass is 10.0. The summed E-state index contributed by atoms with van der Waals surface area (Å²) in [5.41, 5.74) is 0.536. The van der Waals surface area contributed by atoms with Crippen molar-refractivity contribution < 1.29 is 13.2 Å². The molecule has 0 aliphatic rings. The summed E-state index contributed by atoms with van der Waals surface area (Å²) in [6, 6.07) is 3.67. The van der Waals surface area contributed by atoms with Crippen molar-refractivity contribution in [1.29, 1.82) is 0 Å². The fourth-order valence-corrected chi connectivity index (χ4v) is 1.86. The van der Waals surface area contributed by atoms with Gasteiger partial charge in [0.05, 0.1) is 11.6 Å². The van der Waals surface area contributed by atoms with Gasteiger partial charge in [0.15, 0.2) is 0 Å². The van der Waals surface area contributed by atoms with Gasteiger partial charge in [-0.2, -0.15) is 0 Å². The predicted octanol–water partition coefficient (Wildman–Crippen LogP) is 4.41. The van der Waals surface area contributed by atoms with Crippen molar-refractivity contribution in [3.8, 4) is 0 Å². The zero-order valence-electron chi connectivity index (χ0n) is 11.8. The Bertz CT molecular complexity index is 496. The number of hydrogen-bond acceptors (Lipinski definition) is 2. The van der Waals surface area contributed by atoms with Crippen LogP contribution in [-0.2, 0) is 0 Å². The normalized spacial score (nSPS) is 14.1. The molecule has 0 radical (unpaired) electrons. The maximum absolute atomic E-state index is 14.0. The quantitative estimate of drug-likeness (QED) is 0.769. The second-order valence-corrected chi connectivity index (χ2v) is 4.37. The molecule has 0 aliphatic heterocycles. The molecule has 0 aromatic heterocycles. The summed E-state index contributed by atoms with van der Waals surface area (Å²) in [6.45, 7) is 3.68. The third kappa shape index (κ3) is 4.11. The number of aliphatic imine (C=N–C) groups is 1. The molecule has 5 heteroatoms. The minimum atomic E-state index is -2.81. The van der Waals surface area contributed by atoms with Crippen LogP contribution in [0.1, 0.15) is 43.9 Å². The van der Waals surface area contributed by atoms with E-state index in [9.17, 15) is 13.2 Å². The lowest BCUT2D eigenvalue weighted by Crippen LogP contribution is -2.19. The Morgan fingerprint density at radius 3 is 2.55 bits per heavy atom. The fraction of sp³-hybridized carbons (Fsp3) is 0.400. The second-order valence-electron chi connectivity index (χ2n) is 4.37. The summed E-state index contributed by atoms with van der Waals surface area (Å²) >= 11 is 0. The van der Waals surface area contributed by atoms with E-state index in [4.69, 9.17) is 0 Å². The van der Waals surface area contributed by atoms with Crippen LogP contribution in [0, 0.1) is 5.82 Å². The van der Waals surface area contributed by atoms with Crippen LogP contribution in [0.15, 0.2) is 35.0 Å². The molecule has 2 nitrogen and oxygen atoms in total. The first-order chi connectivity index (χ1) is 9.51. The Balaban J connectivity index is 2.98. The molecule has 1 aromatic rings.